The summed E-state index contributed by atoms with van der Waals surface area (Å²) < 4.78 is 1.08. The minimum atomic E-state index is 0.213. The van der Waals surface area contributed by atoms with E-state index in [1.54, 1.807) is 0 Å². The van der Waals surface area contributed by atoms with Crippen LogP contribution in [0.4, 0.5) is 0 Å². The Kier molecular flexibility index (Phi) is 4.09. The van der Waals surface area contributed by atoms with Gasteiger partial charge in [-0.25, -0.2) is 4.98 Å². The van der Waals surface area contributed by atoms with Gasteiger partial charge in [0.2, 0.25) is 0 Å². The first-order valence-electron chi connectivity index (χ1n) is 7.65. The first-order chi connectivity index (χ1) is 10.4. The van der Waals surface area contributed by atoms with E-state index in [9.17, 15) is 0 Å². The van der Waals surface area contributed by atoms with Gasteiger partial charge in [-0.05, 0) is 41.2 Å². The SMILES string of the molecule is CC(C)(C)c1ccc(CCc2nc3ccc(Br)cc3[nH]2)cc1. The van der Waals surface area contributed by atoms with Gasteiger partial charge in [-0.3, -0.25) is 0 Å². The van der Waals surface area contributed by atoms with Gasteiger partial charge in [-0.1, -0.05) is 61.0 Å². The van der Waals surface area contributed by atoms with Crippen LogP contribution in [-0.4, -0.2) is 9.97 Å². The maximum atomic E-state index is 4.65. The van der Waals surface area contributed by atoms with Gasteiger partial charge in [0, 0.05) is 10.9 Å². The Hall–Kier alpha value is -1.61. The van der Waals surface area contributed by atoms with Crippen molar-refractivity contribution in [3.05, 3.63) is 63.9 Å². The van der Waals surface area contributed by atoms with E-state index >= 15 is 0 Å². The Bertz CT molecular complexity index is 779. The summed E-state index contributed by atoms with van der Waals surface area (Å²) in [7, 11) is 0. The molecule has 0 spiro atoms. The summed E-state index contributed by atoms with van der Waals surface area (Å²) in [5.41, 5.74) is 5.07. The molecule has 2 aromatic carbocycles. The number of fused-ring (bicyclic) bond motifs is 1. The van der Waals surface area contributed by atoms with Gasteiger partial charge >= 0.3 is 0 Å². The number of halogens is 1. The Labute approximate surface area is 140 Å². The summed E-state index contributed by atoms with van der Waals surface area (Å²) in [6, 6.07) is 15.1. The van der Waals surface area contributed by atoms with Crippen molar-refractivity contribution >= 4 is 27.0 Å². The third-order valence-corrected chi connectivity index (χ3v) is 4.46. The van der Waals surface area contributed by atoms with Crippen molar-refractivity contribution in [1.82, 2.24) is 9.97 Å². The minimum absolute atomic E-state index is 0.213. The van der Waals surface area contributed by atoms with E-state index in [1.165, 1.54) is 11.1 Å². The monoisotopic (exact) mass is 356 g/mol. The molecule has 114 valence electrons. The second-order valence-electron chi connectivity index (χ2n) is 6.79. The lowest BCUT2D eigenvalue weighted by atomic mass is 9.86. The van der Waals surface area contributed by atoms with Gasteiger partial charge < -0.3 is 4.98 Å². The summed E-state index contributed by atoms with van der Waals surface area (Å²) in [4.78, 5) is 8.05. The molecule has 3 rings (SSSR count). The predicted molar refractivity (Wildman–Crippen MR) is 96.3 cm³/mol. The normalized spacial score (nSPS) is 12.0. The number of aromatic amines is 1. The average molecular weight is 357 g/mol. The second kappa shape index (κ2) is 5.88. The molecule has 3 heteroatoms. The molecule has 0 amide bonds. The Balaban J connectivity index is 1.71. The quantitative estimate of drug-likeness (QED) is 0.667. The number of aryl methyl sites for hydroxylation is 2. The Morgan fingerprint density at radius 1 is 1.00 bits per heavy atom. The highest BCUT2D eigenvalue weighted by Crippen LogP contribution is 2.23. The first kappa shape index (κ1) is 15.3. The molecule has 0 bridgehead atoms. The van der Waals surface area contributed by atoms with Gasteiger partial charge in [0.25, 0.3) is 0 Å². The van der Waals surface area contributed by atoms with E-state index in [1.807, 2.05) is 12.1 Å². The third-order valence-electron chi connectivity index (χ3n) is 3.96. The molecule has 0 radical (unpaired) electrons. The lowest BCUT2D eigenvalue weighted by Gasteiger charge is -2.19. The van der Waals surface area contributed by atoms with E-state index in [2.05, 4.69) is 77.0 Å². The van der Waals surface area contributed by atoms with Gasteiger partial charge in [0.15, 0.2) is 0 Å². The maximum Gasteiger partial charge on any atom is 0.107 e. The zero-order valence-electron chi connectivity index (χ0n) is 13.3. The molecule has 0 saturated carbocycles. The molecular weight excluding hydrogens is 336 g/mol. The van der Waals surface area contributed by atoms with Crippen LogP contribution < -0.4 is 0 Å². The van der Waals surface area contributed by atoms with Crippen molar-refractivity contribution in [1.29, 1.82) is 0 Å². The first-order valence-corrected chi connectivity index (χ1v) is 8.45. The minimum Gasteiger partial charge on any atom is -0.342 e. The summed E-state index contributed by atoms with van der Waals surface area (Å²) in [6.07, 6.45) is 1.94. The van der Waals surface area contributed by atoms with Gasteiger partial charge in [-0.15, -0.1) is 0 Å². The van der Waals surface area contributed by atoms with Crippen molar-refractivity contribution in [3.63, 3.8) is 0 Å². The van der Waals surface area contributed by atoms with Crippen molar-refractivity contribution in [2.75, 3.05) is 0 Å². The van der Waals surface area contributed by atoms with Gasteiger partial charge in [0.1, 0.15) is 5.82 Å². The van der Waals surface area contributed by atoms with E-state index in [4.69, 9.17) is 0 Å². The molecule has 22 heavy (non-hydrogen) atoms. The fourth-order valence-electron chi connectivity index (χ4n) is 2.59. The maximum absolute atomic E-state index is 4.65. The molecule has 3 aromatic rings. The average Bonchev–Trinajstić information content (AvgIpc) is 2.86. The molecule has 0 fully saturated rings. The number of rotatable bonds is 3. The molecule has 0 aliphatic rings. The fraction of sp³-hybridized carbons (Fsp3) is 0.316. The molecule has 1 N–H and O–H groups in total. The molecule has 1 heterocycles. The zero-order valence-corrected chi connectivity index (χ0v) is 14.9. The zero-order chi connectivity index (χ0) is 15.7. The van der Waals surface area contributed by atoms with Crippen LogP contribution in [0.15, 0.2) is 46.9 Å². The third kappa shape index (κ3) is 3.41. The molecule has 0 aliphatic carbocycles. The van der Waals surface area contributed by atoms with Crippen LogP contribution in [0.3, 0.4) is 0 Å². The number of H-pyrrole nitrogens is 1. The van der Waals surface area contributed by atoms with Crippen LogP contribution in [0.1, 0.15) is 37.7 Å². The summed E-state index contributed by atoms with van der Waals surface area (Å²) in [6.45, 7) is 6.73. The summed E-state index contributed by atoms with van der Waals surface area (Å²) >= 11 is 3.49. The highest BCUT2D eigenvalue weighted by Gasteiger charge is 2.12. The smallest absolute Gasteiger partial charge is 0.107 e. The number of nitrogens with one attached hydrogen (secondary N) is 1. The molecule has 0 unspecified atom stereocenters. The van der Waals surface area contributed by atoms with E-state index in [0.717, 1.165) is 34.2 Å². The highest BCUT2D eigenvalue weighted by atomic mass is 79.9. The van der Waals surface area contributed by atoms with Crippen molar-refractivity contribution in [3.8, 4) is 0 Å². The van der Waals surface area contributed by atoms with E-state index in [-0.39, 0.29) is 5.41 Å². The van der Waals surface area contributed by atoms with E-state index < -0.39 is 0 Å². The molecule has 2 nitrogen and oxygen atoms in total. The van der Waals surface area contributed by atoms with E-state index in [0.29, 0.717) is 0 Å². The Morgan fingerprint density at radius 3 is 2.41 bits per heavy atom. The predicted octanol–water partition coefficient (Wildman–Crippen LogP) is 5.41. The number of imidazole rings is 1. The summed E-state index contributed by atoms with van der Waals surface area (Å²) in [5.74, 6) is 1.05. The standard InChI is InChI=1S/C19H21BrN2/c1-19(2,3)14-7-4-13(5-8-14)6-11-18-21-16-10-9-15(20)12-17(16)22-18/h4-5,7-10,12H,6,11H2,1-3H3,(H,21,22). The lowest BCUT2D eigenvalue weighted by Crippen LogP contribution is -2.10. The van der Waals surface area contributed by atoms with Crippen molar-refractivity contribution < 1.29 is 0 Å². The van der Waals surface area contributed by atoms with Crippen molar-refractivity contribution in [2.24, 2.45) is 0 Å². The van der Waals surface area contributed by atoms with Crippen LogP contribution in [0.5, 0.6) is 0 Å². The highest BCUT2D eigenvalue weighted by molar-refractivity contribution is 9.10. The summed E-state index contributed by atoms with van der Waals surface area (Å²) in [5, 5.41) is 0. The van der Waals surface area contributed by atoms with Crippen LogP contribution >= 0.6 is 15.9 Å². The molecule has 0 aliphatic heterocycles. The number of hydrogen-bond donors (Lipinski definition) is 1. The molecule has 1 aromatic heterocycles. The largest absolute Gasteiger partial charge is 0.342 e. The van der Waals surface area contributed by atoms with Crippen LogP contribution in [-0.2, 0) is 18.3 Å². The topological polar surface area (TPSA) is 28.7 Å². The van der Waals surface area contributed by atoms with Crippen LogP contribution in [0, 0.1) is 0 Å². The number of nitrogens with zero attached hydrogens (tertiary/aromatic N) is 1. The van der Waals surface area contributed by atoms with Gasteiger partial charge in [-0.2, -0.15) is 0 Å². The van der Waals surface area contributed by atoms with Gasteiger partial charge in [0.05, 0.1) is 11.0 Å². The number of hydrogen-bond acceptors (Lipinski definition) is 1. The molecule has 0 saturated heterocycles. The van der Waals surface area contributed by atoms with Crippen LogP contribution in [0.2, 0.25) is 0 Å². The number of aromatic nitrogens is 2. The van der Waals surface area contributed by atoms with Crippen molar-refractivity contribution in [2.45, 2.75) is 39.0 Å². The van der Waals surface area contributed by atoms with Crippen LogP contribution in [0.25, 0.3) is 11.0 Å². The molecular formula is C19H21BrN2. The Morgan fingerprint density at radius 2 is 1.73 bits per heavy atom. The molecule has 0 atom stereocenters. The lowest BCUT2D eigenvalue weighted by molar-refractivity contribution is 0.590. The second-order valence-corrected chi connectivity index (χ2v) is 7.71. The number of benzene rings is 2. The fourth-order valence-corrected chi connectivity index (χ4v) is 2.95.